The van der Waals surface area contributed by atoms with E-state index in [0.29, 0.717) is 17.1 Å². The molecule has 0 radical (unpaired) electrons. The maximum Gasteiger partial charge on any atom is 0.363 e. The maximum atomic E-state index is 11.9. The van der Waals surface area contributed by atoms with Crippen LogP contribution < -0.4 is 9.47 Å². The van der Waals surface area contributed by atoms with Crippen LogP contribution in [-0.4, -0.2) is 26.1 Å². The minimum Gasteiger partial charge on any atom is -0.493 e. The van der Waals surface area contributed by atoms with Crippen molar-refractivity contribution in [1.82, 2.24) is 0 Å². The minimum atomic E-state index is -0.462. The summed E-state index contributed by atoms with van der Waals surface area (Å²) in [7, 11) is 3.11. The van der Waals surface area contributed by atoms with Gasteiger partial charge < -0.3 is 14.2 Å². The molecule has 0 amide bonds. The zero-order valence-corrected chi connectivity index (χ0v) is 12.8. The van der Waals surface area contributed by atoms with Gasteiger partial charge in [-0.1, -0.05) is 0 Å². The van der Waals surface area contributed by atoms with Gasteiger partial charge in [0.1, 0.15) is 0 Å². The van der Waals surface area contributed by atoms with Gasteiger partial charge in [0.2, 0.25) is 5.90 Å². The number of esters is 1. The predicted molar refractivity (Wildman–Crippen MR) is 84.5 cm³/mol. The number of hydrogen-bond acceptors (Lipinski definition) is 6. The maximum absolute atomic E-state index is 11.9. The van der Waals surface area contributed by atoms with Gasteiger partial charge in [-0.05, 0) is 46.7 Å². The molecule has 0 bridgehead atoms. The molecular formula is C16H13NO4S. The average molecular weight is 315 g/mol. The first-order valence-corrected chi connectivity index (χ1v) is 7.42. The lowest BCUT2D eigenvalue weighted by atomic mass is 10.2. The Morgan fingerprint density at radius 2 is 2.00 bits per heavy atom. The van der Waals surface area contributed by atoms with Gasteiger partial charge >= 0.3 is 5.97 Å². The molecule has 2 heterocycles. The lowest BCUT2D eigenvalue weighted by Crippen LogP contribution is -2.05. The van der Waals surface area contributed by atoms with E-state index in [1.165, 1.54) is 0 Å². The number of hydrogen-bond donors (Lipinski definition) is 0. The van der Waals surface area contributed by atoms with Crippen molar-refractivity contribution in [3.63, 3.8) is 0 Å². The molecule has 0 unspecified atom stereocenters. The number of aliphatic imine (C=N–C) groups is 1. The summed E-state index contributed by atoms with van der Waals surface area (Å²) in [5.41, 5.74) is 1.86. The van der Waals surface area contributed by atoms with Crippen LogP contribution in [0.5, 0.6) is 11.5 Å². The Morgan fingerprint density at radius 1 is 1.18 bits per heavy atom. The third-order valence-electron chi connectivity index (χ3n) is 3.10. The van der Waals surface area contributed by atoms with Crippen molar-refractivity contribution in [2.75, 3.05) is 14.2 Å². The molecule has 1 aliphatic heterocycles. The second-order valence-corrected chi connectivity index (χ2v) is 5.24. The molecule has 1 aromatic carbocycles. The van der Waals surface area contributed by atoms with Crippen molar-refractivity contribution in [2.45, 2.75) is 0 Å². The fraction of sp³-hybridized carbons (Fsp3) is 0.125. The molecule has 0 saturated heterocycles. The molecular weight excluding hydrogens is 302 g/mol. The lowest BCUT2D eigenvalue weighted by Gasteiger charge is -2.08. The molecule has 0 atom stereocenters. The van der Waals surface area contributed by atoms with E-state index in [9.17, 15) is 4.79 Å². The number of methoxy groups -OCH3 is 2. The number of nitrogens with zero attached hydrogens (tertiary/aromatic N) is 1. The molecule has 0 spiro atoms. The quantitative estimate of drug-likeness (QED) is 0.642. The highest BCUT2D eigenvalue weighted by atomic mass is 32.1. The van der Waals surface area contributed by atoms with Crippen LogP contribution in [0.4, 0.5) is 0 Å². The van der Waals surface area contributed by atoms with Crippen molar-refractivity contribution in [3.05, 3.63) is 51.8 Å². The Kier molecular flexibility index (Phi) is 3.93. The summed E-state index contributed by atoms with van der Waals surface area (Å²) in [4.78, 5) is 16.2. The van der Waals surface area contributed by atoms with E-state index < -0.39 is 5.97 Å². The molecule has 3 rings (SSSR count). The third kappa shape index (κ3) is 2.73. The Balaban J connectivity index is 1.94. The predicted octanol–water partition coefficient (Wildman–Crippen LogP) is 3.11. The standard InChI is InChI=1S/C16H13NO4S/c1-19-13-4-3-11(8-14(13)20-2)15-17-12(16(18)21-15)7-10-5-6-22-9-10/h3-9H,1-2H3. The number of ether oxygens (including phenoxy) is 3. The van der Waals surface area contributed by atoms with Crippen molar-refractivity contribution in [1.29, 1.82) is 0 Å². The van der Waals surface area contributed by atoms with E-state index in [4.69, 9.17) is 14.2 Å². The fourth-order valence-corrected chi connectivity index (χ4v) is 2.63. The summed E-state index contributed by atoms with van der Waals surface area (Å²) in [6.45, 7) is 0. The summed E-state index contributed by atoms with van der Waals surface area (Å²) in [6, 6.07) is 7.14. The molecule has 5 nitrogen and oxygen atoms in total. The molecule has 6 heteroatoms. The smallest absolute Gasteiger partial charge is 0.363 e. The molecule has 22 heavy (non-hydrogen) atoms. The molecule has 1 aliphatic rings. The van der Waals surface area contributed by atoms with Crippen LogP contribution in [0.3, 0.4) is 0 Å². The number of carbonyl (C=O) groups is 1. The van der Waals surface area contributed by atoms with Gasteiger partial charge in [0, 0.05) is 5.56 Å². The van der Waals surface area contributed by atoms with Gasteiger partial charge in [-0.2, -0.15) is 11.3 Å². The Morgan fingerprint density at radius 3 is 2.68 bits per heavy atom. The first-order valence-electron chi connectivity index (χ1n) is 6.48. The van der Waals surface area contributed by atoms with E-state index in [2.05, 4.69) is 4.99 Å². The van der Waals surface area contributed by atoms with Crippen molar-refractivity contribution < 1.29 is 19.0 Å². The number of carbonyl (C=O) groups excluding carboxylic acids is 1. The number of rotatable bonds is 4. The summed E-state index contributed by atoms with van der Waals surface area (Å²) >= 11 is 1.55. The van der Waals surface area contributed by atoms with Gasteiger partial charge in [-0.3, -0.25) is 0 Å². The van der Waals surface area contributed by atoms with E-state index in [1.54, 1.807) is 49.8 Å². The highest BCUT2D eigenvalue weighted by molar-refractivity contribution is 7.08. The van der Waals surface area contributed by atoms with Crippen molar-refractivity contribution in [3.8, 4) is 11.5 Å². The first-order chi connectivity index (χ1) is 10.7. The van der Waals surface area contributed by atoms with Gasteiger partial charge in [0.05, 0.1) is 14.2 Å². The minimum absolute atomic E-state index is 0.257. The van der Waals surface area contributed by atoms with Crippen LogP contribution >= 0.6 is 11.3 Å². The van der Waals surface area contributed by atoms with Gasteiger partial charge in [-0.15, -0.1) is 0 Å². The van der Waals surface area contributed by atoms with Crippen LogP contribution in [0.1, 0.15) is 11.1 Å². The number of thiophene rings is 1. The normalized spacial score (nSPS) is 15.6. The Labute approximate surface area is 131 Å². The van der Waals surface area contributed by atoms with Crippen LogP contribution in [0.15, 0.2) is 45.7 Å². The summed E-state index contributed by atoms with van der Waals surface area (Å²) < 4.78 is 15.7. The molecule has 112 valence electrons. The zero-order valence-electron chi connectivity index (χ0n) is 12.0. The fourth-order valence-electron chi connectivity index (χ4n) is 2.02. The molecule has 0 saturated carbocycles. The van der Waals surface area contributed by atoms with Crippen molar-refractivity contribution >= 4 is 29.3 Å². The van der Waals surface area contributed by atoms with E-state index in [-0.39, 0.29) is 11.6 Å². The van der Waals surface area contributed by atoms with Gasteiger partial charge in [-0.25, -0.2) is 9.79 Å². The molecule has 0 N–H and O–H groups in total. The highest BCUT2D eigenvalue weighted by Crippen LogP contribution is 2.29. The third-order valence-corrected chi connectivity index (χ3v) is 3.80. The number of cyclic esters (lactones) is 1. The molecule has 2 aromatic rings. The van der Waals surface area contributed by atoms with Crippen LogP contribution in [0.2, 0.25) is 0 Å². The second kappa shape index (κ2) is 6.03. The van der Waals surface area contributed by atoms with Gasteiger partial charge in [0.25, 0.3) is 0 Å². The largest absolute Gasteiger partial charge is 0.493 e. The summed E-state index contributed by atoms with van der Waals surface area (Å²) in [5, 5.41) is 3.87. The molecule has 0 fully saturated rings. The summed E-state index contributed by atoms with van der Waals surface area (Å²) in [6.07, 6.45) is 1.70. The average Bonchev–Trinajstić information content (AvgIpc) is 3.17. The topological polar surface area (TPSA) is 57.1 Å². The lowest BCUT2D eigenvalue weighted by molar-refractivity contribution is -0.129. The van der Waals surface area contributed by atoms with E-state index in [0.717, 1.165) is 5.56 Å². The zero-order chi connectivity index (χ0) is 15.5. The molecule has 1 aromatic heterocycles. The summed E-state index contributed by atoms with van der Waals surface area (Å²) in [5.74, 6) is 0.947. The number of benzene rings is 1. The Hall–Kier alpha value is -2.60. The SMILES string of the molecule is COc1ccc(C2=NC(=Cc3ccsc3)C(=O)O2)cc1OC. The van der Waals surface area contributed by atoms with E-state index >= 15 is 0 Å². The van der Waals surface area contributed by atoms with E-state index in [1.807, 2.05) is 16.8 Å². The van der Waals surface area contributed by atoms with Gasteiger partial charge in [0.15, 0.2) is 17.2 Å². The first kappa shape index (κ1) is 14.3. The van der Waals surface area contributed by atoms with Crippen molar-refractivity contribution in [2.24, 2.45) is 4.99 Å². The van der Waals surface area contributed by atoms with Crippen LogP contribution in [0, 0.1) is 0 Å². The second-order valence-electron chi connectivity index (χ2n) is 4.46. The van der Waals surface area contributed by atoms with Crippen LogP contribution in [0.25, 0.3) is 6.08 Å². The monoisotopic (exact) mass is 315 g/mol. The highest BCUT2D eigenvalue weighted by Gasteiger charge is 2.25. The Bertz CT molecular complexity index is 762. The van der Waals surface area contributed by atoms with Crippen LogP contribution in [-0.2, 0) is 9.53 Å². The molecule has 0 aliphatic carbocycles.